The lowest BCUT2D eigenvalue weighted by Gasteiger charge is -2.22. The van der Waals surface area contributed by atoms with Gasteiger partial charge in [0.1, 0.15) is 6.26 Å². The van der Waals surface area contributed by atoms with Crippen molar-refractivity contribution in [3.05, 3.63) is 29.9 Å². The molecule has 1 fully saturated rings. The number of nitrogens with zero attached hydrogens (tertiary/aromatic N) is 4. The minimum Gasteiger partial charge on any atom is -0.364 e. The van der Waals surface area contributed by atoms with Crippen LogP contribution < -0.4 is 0 Å². The Labute approximate surface area is 161 Å². The van der Waals surface area contributed by atoms with Crippen LogP contribution in [0, 0.1) is 0 Å². The fourth-order valence-corrected chi connectivity index (χ4v) is 5.72. The van der Waals surface area contributed by atoms with Gasteiger partial charge < -0.3 is 9.09 Å². The standard InChI is InChI=1S/C19H30N4O3S/c1-3-4-11-23-17(15-22(2)14-16-10-12-26-21-16)13-20-19(23)27(24,25)18-8-6-5-7-9-18/h10,12-13,18H,3-9,11,14-15H2,1-2H3. The first-order chi connectivity index (χ1) is 13.0. The van der Waals surface area contributed by atoms with Gasteiger partial charge in [-0.05, 0) is 26.3 Å². The molecule has 1 aliphatic carbocycles. The van der Waals surface area contributed by atoms with E-state index in [1.165, 1.54) is 0 Å². The quantitative estimate of drug-likeness (QED) is 0.648. The van der Waals surface area contributed by atoms with Gasteiger partial charge in [-0.2, -0.15) is 0 Å². The van der Waals surface area contributed by atoms with Gasteiger partial charge in [-0.3, -0.25) is 4.90 Å². The number of imidazole rings is 1. The fourth-order valence-electron chi connectivity index (χ4n) is 3.75. The summed E-state index contributed by atoms with van der Waals surface area (Å²) in [5.74, 6) is 0. The Balaban J connectivity index is 1.82. The summed E-state index contributed by atoms with van der Waals surface area (Å²) in [4.78, 5) is 6.47. The predicted octanol–water partition coefficient (Wildman–Crippen LogP) is 3.41. The first-order valence-corrected chi connectivity index (χ1v) is 11.4. The molecule has 0 aliphatic heterocycles. The Bertz CT molecular complexity index is 808. The maximum absolute atomic E-state index is 13.2. The third-order valence-corrected chi connectivity index (χ3v) is 7.42. The maximum Gasteiger partial charge on any atom is 0.228 e. The molecule has 0 atom stereocenters. The molecular weight excluding hydrogens is 364 g/mol. The Hall–Kier alpha value is -1.67. The second kappa shape index (κ2) is 9.01. The molecule has 0 bridgehead atoms. The summed E-state index contributed by atoms with van der Waals surface area (Å²) in [6, 6.07) is 1.84. The molecule has 0 aromatic carbocycles. The summed E-state index contributed by atoms with van der Waals surface area (Å²) in [6.07, 6.45) is 9.86. The number of unbranched alkanes of at least 4 members (excludes halogenated alkanes) is 1. The van der Waals surface area contributed by atoms with Crippen molar-refractivity contribution in [2.24, 2.45) is 0 Å². The smallest absolute Gasteiger partial charge is 0.228 e. The van der Waals surface area contributed by atoms with Crippen molar-refractivity contribution >= 4 is 9.84 Å². The molecule has 27 heavy (non-hydrogen) atoms. The van der Waals surface area contributed by atoms with Gasteiger partial charge in [-0.15, -0.1) is 0 Å². The van der Waals surface area contributed by atoms with E-state index in [1.807, 2.05) is 17.7 Å². The summed E-state index contributed by atoms with van der Waals surface area (Å²) < 4.78 is 33.2. The Morgan fingerprint density at radius 1 is 1.26 bits per heavy atom. The van der Waals surface area contributed by atoms with E-state index in [2.05, 4.69) is 22.0 Å². The molecule has 3 rings (SSSR count). The van der Waals surface area contributed by atoms with Gasteiger partial charge in [0, 0.05) is 25.7 Å². The molecule has 0 unspecified atom stereocenters. The topological polar surface area (TPSA) is 81.2 Å². The van der Waals surface area contributed by atoms with Crippen LogP contribution in [-0.2, 0) is 29.5 Å². The molecule has 0 spiro atoms. The average Bonchev–Trinajstić information content (AvgIpc) is 3.31. The monoisotopic (exact) mass is 394 g/mol. The molecule has 7 nitrogen and oxygen atoms in total. The Morgan fingerprint density at radius 2 is 2.04 bits per heavy atom. The molecule has 2 aromatic rings. The van der Waals surface area contributed by atoms with E-state index in [9.17, 15) is 8.42 Å². The second-order valence-corrected chi connectivity index (χ2v) is 9.63. The lowest BCUT2D eigenvalue weighted by atomic mass is 10.0. The van der Waals surface area contributed by atoms with E-state index in [-0.39, 0.29) is 10.4 Å². The molecule has 2 heterocycles. The summed E-state index contributed by atoms with van der Waals surface area (Å²) in [5.41, 5.74) is 1.79. The van der Waals surface area contributed by atoms with Gasteiger partial charge in [-0.1, -0.05) is 37.8 Å². The summed E-state index contributed by atoms with van der Waals surface area (Å²) in [7, 11) is -1.39. The number of sulfone groups is 1. The van der Waals surface area contributed by atoms with Crippen molar-refractivity contribution in [1.82, 2.24) is 19.6 Å². The molecule has 0 saturated heterocycles. The summed E-state index contributed by atoms with van der Waals surface area (Å²) in [6.45, 7) is 4.05. The summed E-state index contributed by atoms with van der Waals surface area (Å²) in [5, 5.41) is 3.91. The molecule has 8 heteroatoms. The van der Waals surface area contributed by atoms with Crippen LogP contribution >= 0.6 is 0 Å². The molecule has 1 aliphatic rings. The molecule has 1 saturated carbocycles. The molecular formula is C19H30N4O3S. The van der Waals surface area contributed by atoms with E-state index in [0.717, 1.165) is 56.3 Å². The van der Waals surface area contributed by atoms with Gasteiger partial charge in [0.2, 0.25) is 15.0 Å². The van der Waals surface area contributed by atoms with Crippen LogP contribution in [0.15, 0.2) is 28.2 Å². The highest BCUT2D eigenvalue weighted by atomic mass is 32.2. The van der Waals surface area contributed by atoms with E-state index in [1.54, 1.807) is 12.5 Å². The molecule has 0 radical (unpaired) electrons. The number of hydrogen-bond acceptors (Lipinski definition) is 6. The minimum atomic E-state index is -3.38. The molecule has 0 amide bonds. The highest BCUT2D eigenvalue weighted by Gasteiger charge is 2.33. The SMILES string of the molecule is CCCCn1c(CN(C)Cc2ccon2)cnc1S(=O)(=O)C1CCCCC1. The highest BCUT2D eigenvalue weighted by Crippen LogP contribution is 2.29. The van der Waals surface area contributed by atoms with Gasteiger partial charge in [0.05, 0.1) is 22.8 Å². The zero-order chi connectivity index (χ0) is 19.3. The van der Waals surface area contributed by atoms with E-state index in [4.69, 9.17) is 4.52 Å². The first-order valence-electron chi connectivity index (χ1n) is 9.88. The predicted molar refractivity (Wildman–Crippen MR) is 103 cm³/mol. The van der Waals surface area contributed by atoms with Gasteiger partial charge >= 0.3 is 0 Å². The first kappa shape index (κ1) is 20.1. The third-order valence-electron chi connectivity index (χ3n) is 5.24. The van der Waals surface area contributed by atoms with Crippen molar-refractivity contribution in [3.63, 3.8) is 0 Å². The number of rotatable bonds is 9. The van der Waals surface area contributed by atoms with Crippen LogP contribution in [0.3, 0.4) is 0 Å². The van der Waals surface area contributed by atoms with Gasteiger partial charge in [-0.25, -0.2) is 13.4 Å². The summed E-state index contributed by atoms with van der Waals surface area (Å²) >= 11 is 0. The van der Waals surface area contributed by atoms with Crippen molar-refractivity contribution in [2.75, 3.05) is 7.05 Å². The van der Waals surface area contributed by atoms with E-state index >= 15 is 0 Å². The minimum absolute atomic E-state index is 0.257. The normalized spacial score (nSPS) is 16.3. The zero-order valence-electron chi connectivity index (χ0n) is 16.3. The van der Waals surface area contributed by atoms with Crippen LogP contribution in [0.5, 0.6) is 0 Å². The number of aromatic nitrogens is 3. The van der Waals surface area contributed by atoms with E-state index in [0.29, 0.717) is 19.6 Å². The van der Waals surface area contributed by atoms with Crippen LogP contribution in [0.4, 0.5) is 0 Å². The molecule has 2 aromatic heterocycles. The van der Waals surface area contributed by atoms with E-state index < -0.39 is 9.84 Å². The fraction of sp³-hybridized carbons (Fsp3) is 0.684. The van der Waals surface area contributed by atoms with Crippen molar-refractivity contribution in [3.8, 4) is 0 Å². The van der Waals surface area contributed by atoms with Gasteiger partial charge in [0.25, 0.3) is 0 Å². The molecule has 150 valence electrons. The van der Waals surface area contributed by atoms with Crippen LogP contribution in [0.25, 0.3) is 0 Å². The van der Waals surface area contributed by atoms with Crippen LogP contribution in [0.2, 0.25) is 0 Å². The zero-order valence-corrected chi connectivity index (χ0v) is 17.1. The van der Waals surface area contributed by atoms with Crippen molar-refractivity contribution < 1.29 is 12.9 Å². The Morgan fingerprint density at radius 3 is 2.70 bits per heavy atom. The second-order valence-electron chi connectivity index (χ2n) is 7.51. The maximum atomic E-state index is 13.2. The molecule has 0 N–H and O–H groups in total. The van der Waals surface area contributed by atoms with Crippen LogP contribution in [0.1, 0.15) is 63.3 Å². The van der Waals surface area contributed by atoms with Crippen molar-refractivity contribution in [1.29, 1.82) is 0 Å². The highest BCUT2D eigenvalue weighted by molar-refractivity contribution is 7.91. The lowest BCUT2D eigenvalue weighted by molar-refractivity contribution is 0.294. The number of hydrogen-bond donors (Lipinski definition) is 0. The van der Waals surface area contributed by atoms with Crippen molar-refractivity contribution in [2.45, 2.75) is 81.9 Å². The Kier molecular flexibility index (Phi) is 6.70. The third kappa shape index (κ3) is 4.79. The lowest BCUT2D eigenvalue weighted by Crippen LogP contribution is -2.28. The average molecular weight is 395 g/mol. The van der Waals surface area contributed by atoms with Gasteiger partial charge in [0.15, 0.2) is 0 Å². The largest absolute Gasteiger partial charge is 0.364 e. The van der Waals surface area contributed by atoms with Crippen LogP contribution in [-0.4, -0.2) is 40.3 Å².